The number of nitrogen functional groups attached to an aromatic ring is 1. The number of hydrogen-bond acceptors (Lipinski definition) is 3. The van der Waals surface area contributed by atoms with E-state index in [1.54, 1.807) is 18.2 Å². The van der Waals surface area contributed by atoms with Gasteiger partial charge in [0.05, 0.1) is 12.7 Å². The van der Waals surface area contributed by atoms with Crippen molar-refractivity contribution in [3.63, 3.8) is 0 Å². The quantitative estimate of drug-likeness (QED) is 0.834. The average Bonchev–Trinajstić information content (AvgIpc) is 2.39. The highest BCUT2D eigenvalue weighted by Crippen LogP contribution is 2.21. The van der Waals surface area contributed by atoms with Gasteiger partial charge in [-0.05, 0) is 36.4 Å². The third-order valence-electron chi connectivity index (χ3n) is 2.59. The van der Waals surface area contributed by atoms with Crippen molar-refractivity contribution >= 4 is 17.3 Å². The summed E-state index contributed by atoms with van der Waals surface area (Å²) in [7, 11) is 1.50. The fourth-order valence-electron chi connectivity index (χ4n) is 1.62. The van der Waals surface area contributed by atoms with Gasteiger partial charge in [0, 0.05) is 11.4 Å². The maximum atomic E-state index is 13.0. The van der Waals surface area contributed by atoms with Gasteiger partial charge in [-0.1, -0.05) is 6.07 Å². The number of hydrogen-bond donors (Lipinski definition) is 2. The van der Waals surface area contributed by atoms with Gasteiger partial charge in [0.15, 0.2) is 0 Å². The number of amides is 1. The van der Waals surface area contributed by atoms with E-state index in [1.165, 1.54) is 31.4 Å². The number of rotatable bonds is 3. The molecule has 0 aromatic heterocycles. The predicted octanol–water partition coefficient (Wildman–Crippen LogP) is 2.67. The van der Waals surface area contributed by atoms with Crippen LogP contribution in [0.15, 0.2) is 42.5 Å². The minimum Gasteiger partial charge on any atom is -0.497 e. The summed E-state index contributed by atoms with van der Waals surface area (Å²) in [6, 6.07) is 10.4. The Morgan fingerprint density at radius 1 is 1.26 bits per heavy atom. The lowest BCUT2D eigenvalue weighted by Gasteiger charge is -2.09. The fourth-order valence-corrected chi connectivity index (χ4v) is 1.62. The van der Waals surface area contributed by atoms with E-state index in [4.69, 9.17) is 10.5 Å². The van der Waals surface area contributed by atoms with Gasteiger partial charge in [-0.25, -0.2) is 4.39 Å². The highest BCUT2D eigenvalue weighted by Gasteiger charge is 2.11. The molecule has 0 radical (unpaired) electrons. The molecule has 0 fully saturated rings. The molecule has 4 nitrogen and oxygen atoms in total. The van der Waals surface area contributed by atoms with Crippen LogP contribution in [-0.2, 0) is 0 Å². The Morgan fingerprint density at radius 2 is 2.05 bits per heavy atom. The zero-order chi connectivity index (χ0) is 13.8. The van der Waals surface area contributed by atoms with Crippen LogP contribution in [0.5, 0.6) is 5.75 Å². The smallest absolute Gasteiger partial charge is 0.257 e. The van der Waals surface area contributed by atoms with E-state index >= 15 is 0 Å². The second-order valence-electron chi connectivity index (χ2n) is 3.92. The highest BCUT2D eigenvalue weighted by molar-refractivity contribution is 6.08. The lowest BCUT2D eigenvalue weighted by molar-refractivity contribution is 0.102. The molecule has 0 aliphatic heterocycles. The molecule has 3 N–H and O–H groups in total. The van der Waals surface area contributed by atoms with E-state index in [9.17, 15) is 9.18 Å². The Hall–Kier alpha value is -2.56. The van der Waals surface area contributed by atoms with Crippen LogP contribution in [0.25, 0.3) is 0 Å². The summed E-state index contributed by atoms with van der Waals surface area (Å²) in [5.41, 5.74) is 6.72. The maximum Gasteiger partial charge on any atom is 0.257 e. The number of methoxy groups -OCH3 is 1. The molecule has 0 unspecified atom stereocenters. The molecule has 5 heteroatoms. The van der Waals surface area contributed by atoms with E-state index in [2.05, 4.69) is 5.32 Å². The van der Waals surface area contributed by atoms with Crippen LogP contribution in [0.4, 0.5) is 15.8 Å². The minimum absolute atomic E-state index is 0.281. The summed E-state index contributed by atoms with van der Waals surface area (Å²) in [6.07, 6.45) is 0. The topological polar surface area (TPSA) is 64.3 Å². The third kappa shape index (κ3) is 3.01. The van der Waals surface area contributed by atoms with Crippen LogP contribution in [0.1, 0.15) is 10.4 Å². The number of nitrogens with one attached hydrogen (secondary N) is 1. The standard InChI is InChI=1S/C14H13FN2O2/c1-19-11-5-6-13(16)12(8-11)14(18)17-10-4-2-3-9(15)7-10/h2-8H,16H2,1H3,(H,17,18). The molecule has 0 saturated carbocycles. The highest BCUT2D eigenvalue weighted by atomic mass is 19.1. The summed E-state index contributed by atoms with van der Waals surface area (Å²) in [5, 5.41) is 2.58. The molecule has 2 aromatic carbocycles. The Morgan fingerprint density at radius 3 is 2.74 bits per heavy atom. The monoisotopic (exact) mass is 260 g/mol. The summed E-state index contributed by atoms with van der Waals surface area (Å²) in [4.78, 5) is 12.0. The summed E-state index contributed by atoms with van der Waals surface area (Å²) in [6.45, 7) is 0. The zero-order valence-corrected chi connectivity index (χ0v) is 10.3. The predicted molar refractivity (Wildman–Crippen MR) is 71.8 cm³/mol. The number of anilines is 2. The first-order chi connectivity index (χ1) is 9.10. The van der Waals surface area contributed by atoms with Gasteiger partial charge in [0.2, 0.25) is 0 Å². The van der Waals surface area contributed by atoms with Crippen molar-refractivity contribution in [2.75, 3.05) is 18.2 Å². The second-order valence-corrected chi connectivity index (χ2v) is 3.92. The molecule has 0 heterocycles. The van der Waals surface area contributed by atoms with Gasteiger partial charge in [-0.2, -0.15) is 0 Å². The Bertz CT molecular complexity index is 614. The second kappa shape index (κ2) is 5.39. The molecule has 2 aromatic rings. The lowest BCUT2D eigenvalue weighted by atomic mass is 10.1. The minimum atomic E-state index is -0.420. The van der Waals surface area contributed by atoms with Crippen molar-refractivity contribution in [3.8, 4) is 5.75 Å². The van der Waals surface area contributed by atoms with Crippen LogP contribution in [-0.4, -0.2) is 13.0 Å². The molecule has 0 aliphatic rings. The van der Waals surface area contributed by atoms with Crippen molar-refractivity contribution in [1.29, 1.82) is 0 Å². The lowest BCUT2D eigenvalue weighted by Crippen LogP contribution is -2.14. The van der Waals surface area contributed by atoms with E-state index in [0.717, 1.165) is 0 Å². The first-order valence-corrected chi connectivity index (χ1v) is 5.60. The maximum absolute atomic E-state index is 13.0. The van der Waals surface area contributed by atoms with E-state index in [-0.39, 0.29) is 5.56 Å². The van der Waals surface area contributed by atoms with Crippen molar-refractivity contribution in [2.24, 2.45) is 0 Å². The van der Waals surface area contributed by atoms with Crippen LogP contribution >= 0.6 is 0 Å². The Kier molecular flexibility index (Phi) is 3.66. The number of halogens is 1. The van der Waals surface area contributed by atoms with Crippen LogP contribution in [0.3, 0.4) is 0 Å². The van der Waals surface area contributed by atoms with E-state index < -0.39 is 11.7 Å². The van der Waals surface area contributed by atoms with Crippen molar-refractivity contribution in [1.82, 2.24) is 0 Å². The SMILES string of the molecule is COc1ccc(N)c(C(=O)Nc2cccc(F)c2)c1. The molecular formula is C14H13FN2O2. The molecular weight excluding hydrogens is 247 g/mol. The third-order valence-corrected chi connectivity index (χ3v) is 2.59. The first kappa shape index (κ1) is 12.9. The molecule has 2 rings (SSSR count). The summed E-state index contributed by atoms with van der Waals surface area (Å²) >= 11 is 0. The molecule has 0 bridgehead atoms. The summed E-state index contributed by atoms with van der Waals surface area (Å²) in [5.74, 6) is -0.308. The van der Waals surface area contributed by atoms with E-state index in [1.807, 2.05) is 0 Å². The largest absolute Gasteiger partial charge is 0.497 e. The molecule has 98 valence electrons. The van der Waals surface area contributed by atoms with Gasteiger partial charge in [0.1, 0.15) is 11.6 Å². The molecule has 0 spiro atoms. The van der Waals surface area contributed by atoms with Crippen molar-refractivity contribution in [3.05, 3.63) is 53.8 Å². The van der Waals surface area contributed by atoms with Gasteiger partial charge >= 0.3 is 0 Å². The van der Waals surface area contributed by atoms with Crippen LogP contribution in [0.2, 0.25) is 0 Å². The number of ether oxygens (including phenoxy) is 1. The van der Waals surface area contributed by atoms with Crippen LogP contribution < -0.4 is 15.8 Å². The first-order valence-electron chi connectivity index (χ1n) is 5.60. The Balaban J connectivity index is 2.25. The molecule has 19 heavy (non-hydrogen) atoms. The van der Waals surface area contributed by atoms with Gasteiger partial charge < -0.3 is 15.8 Å². The molecule has 0 saturated heterocycles. The van der Waals surface area contributed by atoms with E-state index in [0.29, 0.717) is 17.1 Å². The van der Waals surface area contributed by atoms with Crippen molar-refractivity contribution < 1.29 is 13.9 Å². The number of carbonyl (C=O) groups is 1. The van der Waals surface area contributed by atoms with Gasteiger partial charge in [-0.15, -0.1) is 0 Å². The molecule has 1 amide bonds. The van der Waals surface area contributed by atoms with Crippen LogP contribution in [0, 0.1) is 5.82 Å². The van der Waals surface area contributed by atoms with Gasteiger partial charge in [-0.3, -0.25) is 4.79 Å². The number of carbonyl (C=O) groups excluding carboxylic acids is 1. The Labute approximate surface area is 110 Å². The normalized spacial score (nSPS) is 10.0. The van der Waals surface area contributed by atoms with Gasteiger partial charge in [0.25, 0.3) is 5.91 Å². The number of nitrogens with two attached hydrogens (primary N) is 1. The fraction of sp³-hybridized carbons (Fsp3) is 0.0714. The van der Waals surface area contributed by atoms with Crippen molar-refractivity contribution in [2.45, 2.75) is 0 Å². The number of benzene rings is 2. The average molecular weight is 260 g/mol. The zero-order valence-electron chi connectivity index (χ0n) is 10.3. The molecule has 0 aliphatic carbocycles. The summed E-state index contributed by atoms with van der Waals surface area (Å²) < 4.78 is 18.1. The molecule has 0 atom stereocenters.